The lowest BCUT2D eigenvalue weighted by Gasteiger charge is -2.34. The molecular formula is C19H29ClN5O3+. The van der Waals surface area contributed by atoms with Crippen molar-refractivity contribution in [1.29, 1.82) is 0 Å². The quantitative estimate of drug-likeness (QED) is 0.511. The topological polar surface area (TPSA) is 109 Å². The Balaban J connectivity index is 1.84. The zero-order valence-electron chi connectivity index (χ0n) is 16.3. The summed E-state index contributed by atoms with van der Waals surface area (Å²) in [5.41, 5.74) is 5.80. The van der Waals surface area contributed by atoms with Crippen molar-refractivity contribution in [3.05, 3.63) is 29.3 Å². The number of nitrogens with two attached hydrogens (primary N) is 1. The Kier molecular flexibility index (Phi) is 8.07. The summed E-state index contributed by atoms with van der Waals surface area (Å²) >= 11 is 6.06. The van der Waals surface area contributed by atoms with Gasteiger partial charge in [-0.3, -0.25) is 9.59 Å². The third-order valence-electron chi connectivity index (χ3n) is 4.66. The van der Waals surface area contributed by atoms with Crippen LogP contribution in [0.1, 0.15) is 20.3 Å². The van der Waals surface area contributed by atoms with Gasteiger partial charge in [-0.05, 0) is 24.5 Å². The minimum Gasteiger partial charge on any atom is -0.352 e. The summed E-state index contributed by atoms with van der Waals surface area (Å²) in [6.07, 6.45) is 0.537. The Labute approximate surface area is 170 Å². The number of anilines is 1. The Morgan fingerprint density at radius 2 is 1.86 bits per heavy atom. The lowest BCUT2D eigenvalue weighted by Crippen LogP contribution is -3.15. The zero-order chi connectivity index (χ0) is 20.7. The van der Waals surface area contributed by atoms with Crippen molar-refractivity contribution in [2.24, 2.45) is 11.7 Å². The smallest absolute Gasteiger partial charge is 0.312 e. The van der Waals surface area contributed by atoms with Gasteiger partial charge in [0.15, 0.2) is 6.54 Å². The predicted molar refractivity (Wildman–Crippen MR) is 108 cm³/mol. The largest absolute Gasteiger partial charge is 0.352 e. The summed E-state index contributed by atoms with van der Waals surface area (Å²) in [6, 6.07) is 5.79. The molecule has 0 bridgehead atoms. The first-order chi connectivity index (χ1) is 13.3. The third kappa shape index (κ3) is 6.69. The number of halogens is 1. The van der Waals surface area contributed by atoms with Gasteiger partial charge < -0.3 is 26.2 Å². The van der Waals surface area contributed by atoms with E-state index in [9.17, 15) is 14.4 Å². The van der Waals surface area contributed by atoms with Gasteiger partial charge in [0.1, 0.15) is 6.04 Å². The molecule has 1 aliphatic heterocycles. The van der Waals surface area contributed by atoms with Crippen molar-refractivity contribution >= 4 is 35.1 Å². The number of hydrogen-bond acceptors (Lipinski definition) is 3. The molecule has 1 aliphatic rings. The van der Waals surface area contributed by atoms with Gasteiger partial charge in [-0.1, -0.05) is 37.6 Å². The number of piperazine rings is 1. The molecule has 1 aromatic carbocycles. The van der Waals surface area contributed by atoms with Crippen molar-refractivity contribution in [1.82, 2.24) is 10.2 Å². The van der Waals surface area contributed by atoms with Crippen LogP contribution < -0.4 is 21.3 Å². The lowest BCUT2D eigenvalue weighted by atomic mass is 10.0. The van der Waals surface area contributed by atoms with E-state index in [1.54, 1.807) is 23.1 Å². The van der Waals surface area contributed by atoms with Gasteiger partial charge in [-0.2, -0.15) is 0 Å². The molecule has 28 heavy (non-hydrogen) atoms. The molecule has 1 fully saturated rings. The van der Waals surface area contributed by atoms with Crippen LogP contribution in [-0.2, 0) is 9.59 Å². The molecule has 4 amide bonds. The number of benzene rings is 1. The summed E-state index contributed by atoms with van der Waals surface area (Å²) in [7, 11) is 0. The number of quaternary nitrogens is 1. The van der Waals surface area contributed by atoms with Gasteiger partial charge in [0.2, 0.25) is 5.91 Å². The maximum absolute atomic E-state index is 12.7. The second kappa shape index (κ2) is 10.3. The molecule has 0 aliphatic carbocycles. The fourth-order valence-corrected chi connectivity index (χ4v) is 3.47. The highest BCUT2D eigenvalue weighted by Gasteiger charge is 2.30. The van der Waals surface area contributed by atoms with E-state index in [1.165, 1.54) is 0 Å². The van der Waals surface area contributed by atoms with E-state index in [2.05, 4.69) is 10.6 Å². The van der Waals surface area contributed by atoms with Gasteiger partial charge in [0.05, 0.1) is 36.9 Å². The first-order valence-electron chi connectivity index (χ1n) is 9.49. The van der Waals surface area contributed by atoms with Crippen LogP contribution in [0.4, 0.5) is 10.5 Å². The van der Waals surface area contributed by atoms with Gasteiger partial charge in [-0.15, -0.1) is 0 Å². The second-order valence-corrected chi connectivity index (χ2v) is 7.88. The first-order valence-corrected chi connectivity index (χ1v) is 9.86. The van der Waals surface area contributed by atoms with Crippen LogP contribution in [0.25, 0.3) is 0 Å². The summed E-state index contributed by atoms with van der Waals surface area (Å²) in [5.74, 6) is 0.0178. The number of urea groups is 1. The average Bonchev–Trinajstić information content (AvgIpc) is 2.62. The zero-order valence-corrected chi connectivity index (χ0v) is 17.1. The van der Waals surface area contributed by atoms with E-state index in [-0.39, 0.29) is 17.7 Å². The van der Waals surface area contributed by atoms with Gasteiger partial charge in [0.25, 0.3) is 5.91 Å². The summed E-state index contributed by atoms with van der Waals surface area (Å²) in [5, 5.41) is 5.87. The van der Waals surface area contributed by atoms with Crippen molar-refractivity contribution in [2.45, 2.75) is 26.3 Å². The van der Waals surface area contributed by atoms with E-state index in [4.69, 9.17) is 17.3 Å². The van der Waals surface area contributed by atoms with Crippen LogP contribution in [0.15, 0.2) is 24.3 Å². The lowest BCUT2D eigenvalue weighted by molar-refractivity contribution is -0.895. The Bertz CT molecular complexity index is 705. The first kappa shape index (κ1) is 22.0. The molecular weight excluding hydrogens is 382 g/mol. The van der Waals surface area contributed by atoms with E-state index in [1.807, 2.05) is 19.9 Å². The molecule has 1 aromatic rings. The van der Waals surface area contributed by atoms with E-state index >= 15 is 0 Å². The number of carbonyl (C=O) groups is 3. The number of para-hydroxylation sites is 1. The van der Waals surface area contributed by atoms with Crippen LogP contribution in [0.2, 0.25) is 5.02 Å². The van der Waals surface area contributed by atoms with Crippen LogP contribution in [0, 0.1) is 5.92 Å². The van der Waals surface area contributed by atoms with Crippen molar-refractivity contribution < 1.29 is 19.3 Å². The Hall–Kier alpha value is -2.32. The monoisotopic (exact) mass is 410 g/mol. The van der Waals surface area contributed by atoms with Crippen LogP contribution in [0.5, 0.6) is 0 Å². The van der Waals surface area contributed by atoms with Crippen LogP contribution in [-0.4, -0.2) is 61.5 Å². The fourth-order valence-electron chi connectivity index (χ4n) is 3.29. The van der Waals surface area contributed by atoms with E-state index in [0.717, 1.165) is 4.90 Å². The standard InChI is InChI=1S/C19H28ClN5O3/c1-13(2)11-16(23-19(21)28)18(27)25-9-7-24(8-10-25)12-17(26)22-15-6-4-3-5-14(15)20/h3-6,13,16H,7-12H2,1-2H3,(H,22,26)(H3,21,23,28)/p+1/t16-/m0/s1. The van der Waals surface area contributed by atoms with Crippen molar-refractivity contribution in [3.63, 3.8) is 0 Å². The van der Waals surface area contributed by atoms with Gasteiger partial charge in [0, 0.05) is 0 Å². The minimum absolute atomic E-state index is 0.115. The second-order valence-electron chi connectivity index (χ2n) is 7.47. The third-order valence-corrected chi connectivity index (χ3v) is 4.99. The molecule has 1 heterocycles. The number of amides is 4. The molecule has 5 N–H and O–H groups in total. The normalized spacial score (nSPS) is 15.9. The highest BCUT2D eigenvalue weighted by molar-refractivity contribution is 6.33. The molecule has 1 atom stereocenters. The molecule has 154 valence electrons. The highest BCUT2D eigenvalue weighted by atomic mass is 35.5. The van der Waals surface area contributed by atoms with E-state index in [0.29, 0.717) is 49.9 Å². The number of nitrogens with one attached hydrogen (secondary N) is 3. The van der Waals surface area contributed by atoms with Crippen molar-refractivity contribution in [3.8, 4) is 0 Å². The summed E-state index contributed by atoms with van der Waals surface area (Å²) in [6.45, 7) is 6.66. The summed E-state index contributed by atoms with van der Waals surface area (Å²) < 4.78 is 0. The van der Waals surface area contributed by atoms with E-state index < -0.39 is 12.1 Å². The maximum atomic E-state index is 12.7. The fraction of sp³-hybridized carbons (Fsp3) is 0.526. The Morgan fingerprint density at radius 1 is 1.21 bits per heavy atom. The molecule has 0 aromatic heterocycles. The molecule has 0 saturated carbocycles. The number of nitrogens with zero attached hydrogens (tertiary/aromatic N) is 1. The predicted octanol–water partition coefficient (Wildman–Crippen LogP) is 0.0886. The molecule has 8 nitrogen and oxygen atoms in total. The molecule has 9 heteroatoms. The Morgan fingerprint density at radius 3 is 2.43 bits per heavy atom. The maximum Gasteiger partial charge on any atom is 0.312 e. The SMILES string of the molecule is CC(C)C[C@H](NC(N)=O)C(=O)N1CC[NH+](CC(=O)Nc2ccccc2Cl)CC1. The molecule has 2 rings (SSSR count). The summed E-state index contributed by atoms with van der Waals surface area (Å²) in [4.78, 5) is 39.0. The number of hydrogen-bond donors (Lipinski definition) is 4. The number of primary amides is 1. The van der Waals surface area contributed by atoms with Gasteiger partial charge in [-0.25, -0.2) is 4.79 Å². The molecule has 0 radical (unpaired) electrons. The molecule has 0 spiro atoms. The van der Waals surface area contributed by atoms with Crippen molar-refractivity contribution in [2.75, 3.05) is 38.0 Å². The number of rotatable bonds is 7. The van der Waals surface area contributed by atoms with Crippen LogP contribution >= 0.6 is 11.6 Å². The minimum atomic E-state index is -0.695. The number of carbonyl (C=O) groups excluding carboxylic acids is 3. The molecule has 1 saturated heterocycles. The highest BCUT2D eigenvalue weighted by Crippen LogP contribution is 2.19. The average molecular weight is 411 g/mol. The van der Waals surface area contributed by atoms with Gasteiger partial charge >= 0.3 is 6.03 Å². The molecule has 0 unspecified atom stereocenters. The van der Waals surface area contributed by atoms with Crippen LogP contribution in [0.3, 0.4) is 0 Å².